The summed E-state index contributed by atoms with van der Waals surface area (Å²) in [5, 5.41) is 0.636. The van der Waals surface area contributed by atoms with Gasteiger partial charge in [0.05, 0.1) is 35.6 Å². The lowest BCUT2D eigenvalue weighted by atomic mass is 10.1. The van der Waals surface area contributed by atoms with Crippen molar-refractivity contribution in [3.63, 3.8) is 0 Å². The normalized spacial score (nSPS) is 23.1. The highest BCUT2D eigenvalue weighted by Crippen LogP contribution is 2.41. The van der Waals surface area contributed by atoms with Crippen LogP contribution >= 0.6 is 27.5 Å². The van der Waals surface area contributed by atoms with Crippen LogP contribution in [0.2, 0.25) is 48.8 Å². The van der Waals surface area contributed by atoms with Gasteiger partial charge in [-0.05, 0) is 42.4 Å². The molecule has 4 heterocycles. The molecule has 3 aromatic rings. The Balaban J connectivity index is 1.40. The lowest BCUT2D eigenvalue weighted by Gasteiger charge is -2.39. The van der Waals surface area contributed by atoms with Crippen molar-refractivity contribution in [3.8, 4) is 17.3 Å². The van der Waals surface area contributed by atoms with E-state index in [9.17, 15) is 0 Å². The molecule has 2 aliphatic rings. The zero-order valence-electron chi connectivity index (χ0n) is 25.9. The van der Waals surface area contributed by atoms with Crippen molar-refractivity contribution in [2.75, 3.05) is 19.8 Å². The second kappa shape index (κ2) is 12.2. The monoisotopic (exact) mass is 695 g/mol. The van der Waals surface area contributed by atoms with E-state index in [0.717, 1.165) is 21.6 Å². The molecule has 0 unspecified atom stereocenters. The van der Waals surface area contributed by atoms with Gasteiger partial charge < -0.3 is 23.4 Å². The van der Waals surface area contributed by atoms with Gasteiger partial charge in [0.1, 0.15) is 18.9 Å². The largest absolute Gasteiger partial charge is 0.456 e. The zero-order valence-corrected chi connectivity index (χ0v) is 30.2. The first-order valence-corrected chi connectivity index (χ1v) is 22.4. The third kappa shape index (κ3) is 6.98. The smallest absolute Gasteiger partial charge is 0.301 e. The molecule has 2 saturated heterocycles. The van der Waals surface area contributed by atoms with Crippen molar-refractivity contribution in [1.82, 2.24) is 14.5 Å². The first kappa shape index (κ1) is 32.1. The highest BCUT2D eigenvalue weighted by atomic mass is 79.9. The average Bonchev–Trinajstić information content (AvgIpc) is 3.56. The maximum absolute atomic E-state index is 6.78. The number of halogens is 2. The molecule has 12 heteroatoms. The zero-order chi connectivity index (χ0) is 30.4. The number of hydrogen-bond acceptors (Lipinski definition) is 7. The van der Waals surface area contributed by atoms with Crippen LogP contribution in [-0.4, -0.2) is 75.2 Å². The van der Waals surface area contributed by atoms with Gasteiger partial charge in [0.2, 0.25) is 0 Å². The molecule has 0 saturated carbocycles. The number of nitrogens with zero attached hydrogens (tertiary/aromatic N) is 3. The van der Waals surface area contributed by atoms with E-state index in [0.29, 0.717) is 42.2 Å². The van der Waals surface area contributed by atoms with E-state index in [1.165, 1.54) is 0 Å². The number of imidazole rings is 1. The van der Waals surface area contributed by atoms with Crippen molar-refractivity contribution in [1.29, 1.82) is 0 Å². The van der Waals surface area contributed by atoms with Crippen LogP contribution in [0.3, 0.4) is 0 Å². The summed E-state index contributed by atoms with van der Waals surface area (Å²) in [7, 11) is -3.23. The molecule has 0 N–H and O–H groups in total. The van der Waals surface area contributed by atoms with E-state index in [-0.39, 0.29) is 36.2 Å². The summed E-state index contributed by atoms with van der Waals surface area (Å²) in [6, 6.07) is 11.3. The summed E-state index contributed by atoms with van der Waals surface area (Å²) in [5.74, 6) is 0. The third-order valence-electron chi connectivity index (χ3n) is 8.47. The molecule has 5 rings (SSSR count). The number of fused-ring (bicyclic) bond motifs is 2. The Labute approximate surface area is 264 Å². The van der Waals surface area contributed by atoms with E-state index in [1.54, 1.807) is 0 Å². The SMILES string of the molecule is CC(C)(C)[Si](C)(C)O[C@@H]1CO[C@@H]2[C@H]1OC[C@H]2Oc1nc2nc(-c3ccc(Br)cc3)c(Cl)cc2n1COCC[Si](C)(C)C. The number of rotatable bonds is 10. The van der Waals surface area contributed by atoms with Crippen LogP contribution in [0.25, 0.3) is 22.4 Å². The summed E-state index contributed by atoms with van der Waals surface area (Å²) in [4.78, 5) is 9.68. The van der Waals surface area contributed by atoms with Crippen LogP contribution in [0.1, 0.15) is 20.8 Å². The van der Waals surface area contributed by atoms with Crippen LogP contribution in [0.5, 0.6) is 6.01 Å². The molecule has 230 valence electrons. The van der Waals surface area contributed by atoms with Crippen LogP contribution in [0, 0.1) is 0 Å². The molecule has 0 amide bonds. The molecular weight excluding hydrogens is 654 g/mol. The van der Waals surface area contributed by atoms with Gasteiger partial charge in [-0.2, -0.15) is 4.98 Å². The number of benzene rings is 1. The minimum Gasteiger partial charge on any atom is -0.456 e. The second-order valence-corrected chi connectivity index (χ2v) is 25.7. The van der Waals surface area contributed by atoms with Gasteiger partial charge in [-0.25, -0.2) is 4.98 Å². The van der Waals surface area contributed by atoms with Crippen LogP contribution in [0.15, 0.2) is 34.8 Å². The molecule has 0 aliphatic carbocycles. The van der Waals surface area contributed by atoms with Gasteiger partial charge >= 0.3 is 6.01 Å². The quantitative estimate of drug-likeness (QED) is 0.158. The lowest BCUT2D eigenvalue weighted by Crippen LogP contribution is -2.47. The minimum atomic E-state index is -1.99. The number of hydrogen-bond donors (Lipinski definition) is 0. The fraction of sp³-hybridized carbons (Fsp3) is 0.600. The van der Waals surface area contributed by atoms with E-state index in [1.807, 2.05) is 34.9 Å². The van der Waals surface area contributed by atoms with Gasteiger partial charge in [0, 0.05) is 24.7 Å². The van der Waals surface area contributed by atoms with Crippen molar-refractivity contribution in [2.45, 2.75) is 95.7 Å². The van der Waals surface area contributed by atoms with E-state index in [2.05, 4.69) is 69.4 Å². The summed E-state index contributed by atoms with van der Waals surface area (Å²) >= 11 is 10.3. The Morgan fingerprint density at radius 1 is 1.00 bits per heavy atom. The molecular formula is C30H43BrClN3O5Si2. The summed E-state index contributed by atoms with van der Waals surface area (Å²) < 4.78 is 34.7. The Morgan fingerprint density at radius 2 is 1.64 bits per heavy atom. The predicted octanol–water partition coefficient (Wildman–Crippen LogP) is 7.76. The first-order chi connectivity index (χ1) is 19.6. The van der Waals surface area contributed by atoms with Gasteiger partial charge in [0.15, 0.2) is 20.1 Å². The third-order valence-corrected chi connectivity index (χ3v) is 15.5. The van der Waals surface area contributed by atoms with Gasteiger partial charge in [-0.1, -0.05) is 80.1 Å². The highest BCUT2D eigenvalue weighted by Gasteiger charge is 2.52. The number of ether oxygens (including phenoxy) is 4. The summed E-state index contributed by atoms with van der Waals surface area (Å²) in [6.45, 7) is 20.1. The average molecular weight is 697 g/mol. The van der Waals surface area contributed by atoms with Gasteiger partial charge in [0.25, 0.3) is 0 Å². The van der Waals surface area contributed by atoms with Crippen molar-refractivity contribution in [2.24, 2.45) is 0 Å². The fourth-order valence-electron chi connectivity index (χ4n) is 4.89. The molecule has 0 radical (unpaired) electrons. The van der Waals surface area contributed by atoms with Crippen LogP contribution in [0.4, 0.5) is 0 Å². The molecule has 0 spiro atoms. The summed E-state index contributed by atoms with van der Waals surface area (Å²) in [5.41, 5.74) is 2.88. The topological polar surface area (TPSA) is 76.9 Å². The number of pyridine rings is 1. The molecule has 2 aromatic heterocycles. The molecule has 0 bridgehead atoms. The predicted molar refractivity (Wildman–Crippen MR) is 176 cm³/mol. The highest BCUT2D eigenvalue weighted by molar-refractivity contribution is 9.10. The lowest BCUT2D eigenvalue weighted by molar-refractivity contribution is 0.00691. The van der Waals surface area contributed by atoms with E-state index < -0.39 is 16.4 Å². The van der Waals surface area contributed by atoms with Gasteiger partial charge in [-0.3, -0.25) is 4.57 Å². The Kier molecular flexibility index (Phi) is 9.34. The van der Waals surface area contributed by atoms with Crippen molar-refractivity contribution < 1.29 is 23.4 Å². The second-order valence-electron chi connectivity index (χ2n) is 14.0. The summed E-state index contributed by atoms with van der Waals surface area (Å²) in [6.07, 6.45) is -0.855. The van der Waals surface area contributed by atoms with E-state index in [4.69, 9.17) is 44.9 Å². The van der Waals surface area contributed by atoms with Crippen LogP contribution in [-0.2, 0) is 25.4 Å². The standard InChI is InChI=1S/C30H43BrClN3O5Si2/c1-30(2,3)42(7,8)40-24-17-38-26-23(16-37-27(24)26)39-29-34-28-22(35(29)18-36-13-14-41(4,5)6)15-21(32)25(33-28)19-9-11-20(31)12-10-19/h9-12,15,23-24,26-27H,13-14,16-18H2,1-8H3/t23-,24-,26+,27+/m1/s1. The van der Waals surface area contributed by atoms with Crippen molar-refractivity contribution >= 4 is 55.1 Å². The van der Waals surface area contributed by atoms with Gasteiger partial charge in [-0.15, -0.1) is 0 Å². The minimum absolute atomic E-state index is 0.100. The molecule has 8 nitrogen and oxygen atoms in total. The van der Waals surface area contributed by atoms with E-state index >= 15 is 0 Å². The maximum Gasteiger partial charge on any atom is 0.301 e. The Bertz CT molecular complexity index is 1410. The Hall–Kier alpha value is -1.32. The molecule has 42 heavy (non-hydrogen) atoms. The van der Waals surface area contributed by atoms with Crippen molar-refractivity contribution in [3.05, 3.63) is 39.8 Å². The maximum atomic E-state index is 6.78. The molecule has 2 aliphatic heterocycles. The number of aromatic nitrogens is 3. The molecule has 4 atom stereocenters. The first-order valence-electron chi connectivity index (χ1n) is 14.6. The molecule has 2 fully saturated rings. The van der Waals surface area contributed by atoms with Crippen LogP contribution < -0.4 is 4.74 Å². The Morgan fingerprint density at radius 3 is 2.29 bits per heavy atom. The molecule has 1 aromatic carbocycles. The fourth-order valence-corrected chi connectivity index (χ4v) is 7.47.